The predicted molar refractivity (Wildman–Crippen MR) is 53.7 cm³/mol. The summed E-state index contributed by atoms with van der Waals surface area (Å²) in [5, 5.41) is 0.925. The maximum absolute atomic E-state index is 11.2. The SMILES string of the molecule is CC(CBr)Cn1ccccc1=O. The van der Waals surface area contributed by atoms with Crippen molar-refractivity contribution >= 4 is 15.9 Å². The molecular weight excluding hydrogens is 218 g/mol. The van der Waals surface area contributed by atoms with Gasteiger partial charge in [0.1, 0.15) is 0 Å². The van der Waals surface area contributed by atoms with Crippen LogP contribution in [0.1, 0.15) is 6.92 Å². The van der Waals surface area contributed by atoms with Crippen LogP contribution in [0.5, 0.6) is 0 Å². The van der Waals surface area contributed by atoms with Crippen LogP contribution in [0, 0.1) is 5.92 Å². The Balaban J connectivity index is 2.76. The highest BCUT2D eigenvalue weighted by molar-refractivity contribution is 9.09. The molecule has 0 aliphatic carbocycles. The number of nitrogens with zero attached hydrogens (tertiary/aromatic N) is 1. The number of halogens is 1. The molecule has 3 heteroatoms. The number of alkyl halides is 1. The summed E-state index contributed by atoms with van der Waals surface area (Å²) in [5.74, 6) is 0.491. The first kappa shape index (κ1) is 9.52. The number of rotatable bonds is 3. The average Bonchev–Trinajstić information content (AvgIpc) is 2.09. The topological polar surface area (TPSA) is 22.0 Å². The molecule has 0 aromatic carbocycles. The predicted octanol–water partition coefficient (Wildman–Crippen LogP) is 1.88. The van der Waals surface area contributed by atoms with E-state index in [1.54, 1.807) is 16.7 Å². The van der Waals surface area contributed by atoms with Crippen LogP contribution in [0.25, 0.3) is 0 Å². The highest BCUT2D eigenvalue weighted by atomic mass is 79.9. The van der Waals surface area contributed by atoms with Crippen molar-refractivity contribution in [1.29, 1.82) is 0 Å². The summed E-state index contributed by atoms with van der Waals surface area (Å²) >= 11 is 3.38. The minimum Gasteiger partial charge on any atom is -0.315 e. The van der Waals surface area contributed by atoms with Crippen LogP contribution in [0.4, 0.5) is 0 Å². The molecule has 1 heterocycles. The maximum Gasteiger partial charge on any atom is 0.250 e. The van der Waals surface area contributed by atoms with E-state index in [-0.39, 0.29) is 5.56 Å². The molecule has 1 unspecified atom stereocenters. The molecule has 1 rings (SSSR count). The molecular formula is C9H12BrNO. The van der Waals surface area contributed by atoms with Crippen molar-refractivity contribution in [2.75, 3.05) is 5.33 Å². The molecule has 66 valence electrons. The van der Waals surface area contributed by atoms with Gasteiger partial charge in [0.05, 0.1) is 0 Å². The van der Waals surface area contributed by atoms with Gasteiger partial charge in [-0.3, -0.25) is 4.79 Å². The maximum atomic E-state index is 11.2. The Hall–Kier alpha value is -0.570. The lowest BCUT2D eigenvalue weighted by atomic mass is 10.2. The van der Waals surface area contributed by atoms with Crippen molar-refractivity contribution in [3.63, 3.8) is 0 Å². The first-order valence-electron chi connectivity index (χ1n) is 3.95. The molecule has 1 aromatic rings. The van der Waals surface area contributed by atoms with E-state index in [1.807, 2.05) is 12.3 Å². The summed E-state index contributed by atoms with van der Waals surface area (Å²) in [4.78, 5) is 11.2. The minimum absolute atomic E-state index is 0.0744. The van der Waals surface area contributed by atoms with E-state index in [2.05, 4.69) is 22.9 Å². The Kier molecular flexibility index (Phi) is 3.53. The first-order chi connectivity index (χ1) is 5.74. The minimum atomic E-state index is 0.0744. The molecule has 0 aliphatic rings. The molecule has 1 aromatic heterocycles. The van der Waals surface area contributed by atoms with Crippen LogP contribution in [-0.2, 0) is 6.54 Å². The van der Waals surface area contributed by atoms with E-state index in [0.29, 0.717) is 5.92 Å². The second-order valence-electron chi connectivity index (χ2n) is 2.95. The number of hydrogen-bond donors (Lipinski definition) is 0. The van der Waals surface area contributed by atoms with E-state index < -0.39 is 0 Å². The molecule has 1 atom stereocenters. The highest BCUT2D eigenvalue weighted by Gasteiger charge is 2.00. The van der Waals surface area contributed by atoms with Crippen molar-refractivity contribution in [1.82, 2.24) is 4.57 Å². The van der Waals surface area contributed by atoms with Crippen LogP contribution in [0.2, 0.25) is 0 Å². The van der Waals surface area contributed by atoms with Crippen molar-refractivity contribution < 1.29 is 0 Å². The summed E-state index contributed by atoms with van der Waals surface area (Å²) in [6, 6.07) is 5.22. The van der Waals surface area contributed by atoms with Crippen molar-refractivity contribution in [2.45, 2.75) is 13.5 Å². The summed E-state index contributed by atoms with van der Waals surface area (Å²) in [5.41, 5.74) is 0.0744. The van der Waals surface area contributed by atoms with Crippen molar-refractivity contribution in [2.24, 2.45) is 5.92 Å². The largest absolute Gasteiger partial charge is 0.315 e. The monoisotopic (exact) mass is 229 g/mol. The lowest BCUT2D eigenvalue weighted by Gasteiger charge is -2.09. The molecule has 0 saturated carbocycles. The first-order valence-corrected chi connectivity index (χ1v) is 5.07. The van der Waals surface area contributed by atoms with Gasteiger partial charge >= 0.3 is 0 Å². The van der Waals surface area contributed by atoms with Crippen molar-refractivity contribution in [3.05, 3.63) is 34.7 Å². The summed E-state index contributed by atoms with van der Waals surface area (Å²) in [6.07, 6.45) is 1.82. The van der Waals surface area contributed by atoms with Crippen molar-refractivity contribution in [3.8, 4) is 0 Å². The van der Waals surface area contributed by atoms with E-state index in [0.717, 1.165) is 11.9 Å². The van der Waals surface area contributed by atoms with Gasteiger partial charge in [-0.25, -0.2) is 0 Å². The third-order valence-electron chi connectivity index (χ3n) is 1.67. The van der Waals surface area contributed by atoms with Crippen LogP contribution in [-0.4, -0.2) is 9.90 Å². The molecule has 0 spiro atoms. The fourth-order valence-corrected chi connectivity index (χ4v) is 1.20. The fraction of sp³-hybridized carbons (Fsp3) is 0.444. The van der Waals surface area contributed by atoms with Gasteiger partial charge in [0.2, 0.25) is 0 Å². The number of pyridine rings is 1. The van der Waals surface area contributed by atoms with Gasteiger partial charge in [0.15, 0.2) is 0 Å². The van der Waals surface area contributed by atoms with Crippen LogP contribution in [0.15, 0.2) is 29.2 Å². The lowest BCUT2D eigenvalue weighted by molar-refractivity contribution is 0.520. The average molecular weight is 230 g/mol. The molecule has 0 N–H and O–H groups in total. The lowest BCUT2D eigenvalue weighted by Crippen LogP contribution is -2.21. The summed E-state index contributed by atoms with van der Waals surface area (Å²) in [6.45, 7) is 2.89. The Morgan fingerprint density at radius 2 is 2.33 bits per heavy atom. The molecule has 12 heavy (non-hydrogen) atoms. The van der Waals surface area contributed by atoms with Gasteiger partial charge in [0, 0.05) is 24.1 Å². The molecule has 0 saturated heterocycles. The normalized spacial score (nSPS) is 12.8. The molecule has 2 nitrogen and oxygen atoms in total. The van der Waals surface area contributed by atoms with Crippen LogP contribution >= 0.6 is 15.9 Å². The molecule has 0 bridgehead atoms. The third-order valence-corrected chi connectivity index (χ3v) is 2.78. The standard InChI is InChI=1S/C9H12BrNO/c1-8(6-10)7-11-5-3-2-4-9(11)12/h2-5,8H,6-7H2,1H3. The van der Waals surface area contributed by atoms with E-state index in [4.69, 9.17) is 0 Å². The number of hydrogen-bond acceptors (Lipinski definition) is 1. The highest BCUT2D eigenvalue weighted by Crippen LogP contribution is 2.01. The summed E-state index contributed by atoms with van der Waals surface area (Å²) in [7, 11) is 0. The Morgan fingerprint density at radius 1 is 1.58 bits per heavy atom. The van der Waals surface area contributed by atoms with Crippen LogP contribution in [0.3, 0.4) is 0 Å². The fourth-order valence-electron chi connectivity index (χ4n) is 0.996. The number of aromatic nitrogens is 1. The van der Waals surface area contributed by atoms with Gasteiger partial charge in [-0.2, -0.15) is 0 Å². The zero-order valence-corrected chi connectivity index (χ0v) is 8.62. The van der Waals surface area contributed by atoms with E-state index >= 15 is 0 Å². The molecule has 0 radical (unpaired) electrons. The second-order valence-corrected chi connectivity index (χ2v) is 3.60. The molecule has 0 aliphatic heterocycles. The van der Waals surface area contributed by atoms with Gasteiger partial charge in [-0.05, 0) is 12.0 Å². The Labute approximate surface area is 80.3 Å². The van der Waals surface area contributed by atoms with Gasteiger partial charge in [-0.15, -0.1) is 0 Å². The quantitative estimate of drug-likeness (QED) is 0.726. The second kappa shape index (κ2) is 4.45. The summed E-state index contributed by atoms with van der Waals surface area (Å²) < 4.78 is 1.73. The van der Waals surface area contributed by atoms with E-state index in [1.165, 1.54) is 0 Å². The Morgan fingerprint density at radius 3 is 2.92 bits per heavy atom. The third kappa shape index (κ3) is 2.48. The van der Waals surface area contributed by atoms with Crippen LogP contribution < -0.4 is 5.56 Å². The van der Waals surface area contributed by atoms with Gasteiger partial charge in [0.25, 0.3) is 5.56 Å². The molecule has 0 amide bonds. The van der Waals surface area contributed by atoms with Gasteiger partial charge < -0.3 is 4.57 Å². The molecule has 0 fully saturated rings. The van der Waals surface area contributed by atoms with E-state index in [9.17, 15) is 4.79 Å². The van der Waals surface area contributed by atoms with Gasteiger partial charge in [-0.1, -0.05) is 28.9 Å². The zero-order chi connectivity index (χ0) is 8.97. The Bertz CT molecular complexity index is 295. The smallest absolute Gasteiger partial charge is 0.250 e. The zero-order valence-electron chi connectivity index (χ0n) is 7.03.